The van der Waals surface area contributed by atoms with Crippen LogP contribution in [-0.4, -0.2) is 20.1 Å². The molecule has 2 rings (SSSR count). The van der Waals surface area contributed by atoms with Gasteiger partial charge in [-0.25, -0.2) is 0 Å². The normalized spacial score (nSPS) is 23.8. The molecule has 3 heteroatoms. The maximum atomic E-state index is 3.76. The van der Waals surface area contributed by atoms with Crippen LogP contribution in [0.3, 0.4) is 0 Å². The van der Waals surface area contributed by atoms with Gasteiger partial charge in [-0.2, -0.15) is 0 Å². The van der Waals surface area contributed by atoms with Crippen LogP contribution in [0.2, 0.25) is 0 Å². The third kappa shape index (κ3) is 4.13. The van der Waals surface area contributed by atoms with Crippen LogP contribution in [0.5, 0.6) is 0 Å². The minimum atomic E-state index is 0.623. The third-order valence-corrected chi connectivity index (χ3v) is 4.55. The lowest BCUT2D eigenvalue weighted by Gasteiger charge is -2.23. The van der Waals surface area contributed by atoms with Gasteiger partial charge in [0.05, 0.1) is 11.4 Å². The van der Waals surface area contributed by atoms with E-state index in [0.29, 0.717) is 6.04 Å². The largest absolute Gasteiger partial charge is 0.381 e. The number of benzene rings is 1. The van der Waals surface area contributed by atoms with E-state index in [0.717, 1.165) is 10.4 Å². The standard InChI is InChI=1S/C16H25BrN2/c1-12-5-4-6-14(9-7-12)18-15-11-13(17)8-10-16(15)19(2)3/h8,10-12,14,18H,4-7,9H2,1-3H3. The van der Waals surface area contributed by atoms with Gasteiger partial charge in [-0.15, -0.1) is 0 Å². The van der Waals surface area contributed by atoms with Crippen LogP contribution in [0, 0.1) is 5.92 Å². The first-order valence-corrected chi connectivity index (χ1v) is 8.09. The van der Waals surface area contributed by atoms with Gasteiger partial charge in [0.1, 0.15) is 0 Å². The van der Waals surface area contributed by atoms with E-state index in [1.165, 1.54) is 43.5 Å². The smallest absolute Gasteiger partial charge is 0.0597 e. The van der Waals surface area contributed by atoms with E-state index in [1.54, 1.807) is 0 Å². The van der Waals surface area contributed by atoms with Crippen molar-refractivity contribution in [3.8, 4) is 0 Å². The van der Waals surface area contributed by atoms with Crippen molar-refractivity contribution >= 4 is 27.3 Å². The molecule has 0 amide bonds. The van der Waals surface area contributed by atoms with Crippen molar-refractivity contribution in [2.24, 2.45) is 5.92 Å². The van der Waals surface area contributed by atoms with Gasteiger partial charge in [0, 0.05) is 24.6 Å². The Bertz CT molecular complexity index is 417. The maximum Gasteiger partial charge on any atom is 0.0597 e. The van der Waals surface area contributed by atoms with Gasteiger partial charge in [0.15, 0.2) is 0 Å². The van der Waals surface area contributed by atoms with E-state index in [4.69, 9.17) is 0 Å². The Morgan fingerprint density at radius 2 is 1.95 bits per heavy atom. The summed E-state index contributed by atoms with van der Waals surface area (Å²) in [6.45, 7) is 2.38. The quantitative estimate of drug-likeness (QED) is 0.796. The molecular formula is C16H25BrN2. The fourth-order valence-electron chi connectivity index (χ4n) is 2.87. The van der Waals surface area contributed by atoms with E-state index in [9.17, 15) is 0 Å². The summed E-state index contributed by atoms with van der Waals surface area (Å²) in [6.07, 6.45) is 6.68. The molecule has 1 aromatic carbocycles. The number of hydrogen-bond donors (Lipinski definition) is 1. The first-order valence-electron chi connectivity index (χ1n) is 7.29. The van der Waals surface area contributed by atoms with Crippen LogP contribution < -0.4 is 10.2 Å². The third-order valence-electron chi connectivity index (χ3n) is 4.06. The topological polar surface area (TPSA) is 15.3 Å². The summed E-state index contributed by atoms with van der Waals surface area (Å²) in [4.78, 5) is 2.17. The van der Waals surface area contributed by atoms with Crippen molar-refractivity contribution < 1.29 is 0 Å². The van der Waals surface area contributed by atoms with E-state index < -0.39 is 0 Å². The average Bonchev–Trinajstić information content (AvgIpc) is 2.54. The van der Waals surface area contributed by atoms with Gasteiger partial charge in [-0.3, -0.25) is 0 Å². The lowest BCUT2D eigenvalue weighted by Crippen LogP contribution is -2.21. The molecule has 0 heterocycles. The first-order chi connectivity index (χ1) is 9.06. The van der Waals surface area contributed by atoms with E-state index in [1.807, 2.05) is 0 Å². The highest BCUT2D eigenvalue weighted by atomic mass is 79.9. The molecule has 1 saturated carbocycles. The van der Waals surface area contributed by atoms with Gasteiger partial charge >= 0.3 is 0 Å². The molecule has 2 atom stereocenters. The molecule has 0 radical (unpaired) electrons. The summed E-state index contributed by atoms with van der Waals surface area (Å²) < 4.78 is 1.14. The van der Waals surface area contributed by atoms with Crippen molar-refractivity contribution in [1.29, 1.82) is 0 Å². The number of hydrogen-bond acceptors (Lipinski definition) is 2. The van der Waals surface area contributed by atoms with Crippen LogP contribution in [0.4, 0.5) is 11.4 Å². The highest BCUT2D eigenvalue weighted by Gasteiger charge is 2.17. The highest BCUT2D eigenvalue weighted by molar-refractivity contribution is 9.10. The molecule has 0 aliphatic heterocycles. The molecule has 0 saturated heterocycles. The molecule has 1 aliphatic rings. The molecule has 1 N–H and O–H groups in total. The lowest BCUT2D eigenvalue weighted by molar-refractivity contribution is 0.502. The maximum absolute atomic E-state index is 3.76. The predicted octanol–water partition coefficient (Wildman–Crippen LogP) is 4.90. The number of nitrogens with zero attached hydrogens (tertiary/aromatic N) is 1. The van der Waals surface area contributed by atoms with Crippen molar-refractivity contribution in [2.45, 2.75) is 45.1 Å². The van der Waals surface area contributed by atoms with Gasteiger partial charge in [0.2, 0.25) is 0 Å². The molecule has 2 nitrogen and oxygen atoms in total. The van der Waals surface area contributed by atoms with Crippen LogP contribution in [0.15, 0.2) is 22.7 Å². The molecule has 0 bridgehead atoms. The predicted molar refractivity (Wildman–Crippen MR) is 88.1 cm³/mol. The van der Waals surface area contributed by atoms with Crippen molar-refractivity contribution in [2.75, 3.05) is 24.3 Å². The summed E-state index contributed by atoms with van der Waals surface area (Å²) in [5, 5.41) is 3.76. The molecule has 2 unspecified atom stereocenters. The number of rotatable bonds is 3. The Balaban J connectivity index is 2.11. The van der Waals surface area contributed by atoms with E-state index in [-0.39, 0.29) is 0 Å². The summed E-state index contributed by atoms with van der Waals surface area (Å²) in [5.74, 6) is 0.891. The van der Waals surface area contributed by atoms with Crippen LogP contribution >= 0.6 is 15.9 Å². The minimum Gasteiger partial charge on any atom is -0.381 e. The highest BCUT2D eigenvalue weighted by Crippen LogP contribution is 2.31. The zero-order chi connectivity index (χ0) is 13.8. The Morgan fingerprint density at radius 3 is 2.68 bits per heavy atom. The second-order valence-electron chi connectivity index (χ2n) is 6.01. The van der Waals surface area contributed by atoms with Gasteiger partial charge < -0.3 is 10.2 Å². The summed E-state index contributed by atoms with van der Waals surface area (Å²) in [7, 11) is 4.20. The van der Waals surface area contributed by atoms with Crippen molar-refractivity contribution in [3.05, 3.63) is 22.7 Å². The minimum absolute atomic E-state index is 0.623. The Morgan fingerprint density at radius 1 is 1.16 bits per heavy atom. The van der Waals surface area contributed by atoms with Gasteiger partial charge in [0.25, 0.3) is 0 Å². The molecule has 0 spiro atoms. The second-order valence-corrected chi connectivity index (χ2v) is 6.93. The summed E-state index contributed by atoms with van der Waals surface area (Å²) in [5.41, 5.74) is 2.51. The fraction of sp³-hybridized carbons (Fsp3) is 0.625. The zero-order valence-corrected chi connectivity index (χ0v) is 13.8. The molecule has 1 aliphatic carbocycles. The van der Waals surface area contributed by atoms with Crippen LogP contribution in [0.1, 0.15) is 39.0 Å². The van der Waals surface area contributed by atoms with Crippen LogP contribution in [-0.2, 0) is 0 Å². The molecule has 1 aromatic rings. The van der Waals surface area contributed by atoms with Crippen LogP contribution in [0.25, 0.3) is 0 Å². The van der Waals surface area contributed by atoms with E-state index in [2.05, 4.69) is 65.4 Å². The SMILES string of the molecule is CC1CCCC(Nc2cc(Br)ccc2N(C)C)CC1. The first kappa shape index (κ1) is 14.7. The lowest BCUT2D eigenvalue weighted by atomic mass is 10.0. The summed E-state index contributed by atoms with van der Waals surface area (Å²) in [6, 6.07) is 7.10. The number of halogens is 1. The van der Waals surface area contributed by atoms with E-state index >= 15 is 0 Å². The fourth-order valence-corrected chi connectivity index (χ4v) is 3.23. The second kappa shape index (κ2) is 6.65. The van der Waals surface area contributed by atoms with Crippen molar-refractivity contribution in [1.82, 2.24) is 0 Å². The van der Waals surface area contributed by atoms with Gasteiger partial charge in [-0.1, -0.05) is 35.7 Å². The zero-order valence-electron chi connectivity index (χ0n) is 12.2. The molecule has 19 heavy (non-hydrogen) atoms. The molecular weight excluding hydrogens is 300 g/mol. The number of anilines is 2. The summed E-state index contributed by atoms with van der Waals surface area (Å²) >= 11 is 3.58. The van der Waals surface area contributed by atoms with Crippen molar-refractivity contribution in [3.63, 3.8) is 0 Å². The average molecular weight is 325 g/mol. The Hall–Kier alpha value is -0.700. The Labute approximate surface area is 125 Å². The molecule has 1 fully saturated rings. The van der Waals surface area contributed by atoms with Gasteiger partial charge in [-0.05, 0) is 43.4 Å². The Kier molecular flexibility index (Phi) is 5.14. The monoisotopic (exact) mass is 324 g/mol. The molecule has 0 aromatic heterocycles. The number of nitrogens with one attached hydrogen (secondary N) is 1. The molecule has 106 valence electrons.